The van der Waals surface area contributed by atoms with Crippen LogP contribution in [-0.4, -0.2) is 40.2 Å². The molecule has 0 saturated carbocycles. The lowest BCUT2D eigenvalue weighted by atomic mass is 9.72. The van der Waals surface area contributed by atoms with Crippen molar-refractivity contribution >= 4 is 11.6 Å². The second-order valence-corrected chi connectivity index (χ2v) is 4.17. The first-order chi connectivity index (χ1) is 7.56. The Labute approximate surface area is 100 Å². The molecule has 2 nitrogen and oxygen atoms in total. The summed E-state index contributed by atoms with van der Waals surface area (Å²) in [6.07, 6.45) is -12.4. The zero-order valence-corrected chi connectivity index (χ0v) is 9.26. The largest absolute Gasteiger partial charge is 0.425 e. The second-order valence-electron chi connectivity index (χ2n) is 3.69. The van der Waals surface area contributed by atoms with Gasteiger partial charge in [0.25, 0.3) is 5.60 Å². The first-order valence-corrected chi connectivity index (χ1v) is 4.47. The predicted molar refractivity (Wildman–Crippen MR) is 43.1 cm³/mol. The van der Waals surface area contributed by atoms with E-state index in [2.05, 4.69) is 11.6 Å². The third-order valence-electron chi connectivity index (χ3n) is 2.56. The fraction of sp³-hybridized carbons (Fsp3) is 1.00. The maximum atomic E-state index is 12.7. The molecule has 0 fully saturated rings. The van der Waals surface area contributed by atoms with Crippen molar-refractivity contribution in [3.05, 3.63) is 0 Å². The fourth-order valence-electron chi connectivity index (χ4n) is 1.20. The van der Waals surface area contributed by atoms with E-state index in [1.54, 1.807) is 0 Å². The van der Waals surface area contributed by atoms with E-state index in [1.165, 1.54) is 0 Å². The molecule has 110 valence electrons. The van der Waals surface area contributed by atoms with Crippen molar-refractivity contribution in [2.45, 2.75) is 30.3 Å². The van der Waals surface area contributed by atoms with E-state index in [0.29, 0.717) is 0 Å². The van der Waals surface area contributed by atoms with Gasteiger partial charge >= 0.3 is 17.7 Å². The third-order valence-corrected chi connectivity index (χ3v) is 2.83. The molecule has 11 heteroatoms. The predicted octanol–water partition coefficient (Wildman–Crippen LogP) is 2.67. The van der Waals surface area contributed by atoms with Gasteiger partial charge in [-0.3, -0.25) is 0 Å². The molecule has 0 aromatic heterocycles. The molecule has 2 N–H and O–H groups in total. The zero-order valence-electron chi connectivity index (χ0n) is 8.50. The van der Waals surface area contributed by atoms with E-state index < -0.39 is 42.3 Å². The molecule has 0 amide bonds. The summed E-state index contributed by atoms with van der Waals surface area (Å²) in [4.78, 5) is 0. The molecule has 0 aliphatic rings. The monoisotopic (exact) mass is 310 g/mol. The van der Waals surface area contributed by atoms with Gasteiger partial charge < -0.3 is 10.2 Å². The molecule has 0 aliphatic carbocycles. The summed E-state index contributed by atoms with van der Waals surface area (Å²) in [5.74, 6) is 0. The molecular formula is C7H7ClF8O2. The molecule has 0 aliphatic heterocycles. The van der Waals surface area contributed by atoms with Crippen molar-refractivity contribution < 1.29 is 45.3 Å². The molecule has 0 rings (SSSR count). The van der Waals surface area contributed by atoms with E-state index in [1.807, 2.05) is 0 Å². The maximum Gasteiger partial charge on any atom is 0.425 e. The molecule has 0 saturated heterocycles. The second kappa shape index (κ2) is 4.34. The van der Waals surface area contributed by atoms with Crippen molar-refractivity contribution in [2.75, 3.05) is 6.61 Å². The highest BCUT2D eigenvalue weighted by molar-refractivity contribution is 6.22. The smallest absolute Gasteiger partial charge is 0.395 e. The summed E-state index contributed by atoms with van der Waals surface area (Å²) in [6.45, 7) is -2.84. The van der Waals surface area contributed by atoms with Crippen LogP contribution in [0, 0.1) is 5.41 Å². The van der Waals surface area contributed by atoms with E-state index in [4.69, 9.17) is 10.2 Å². The molecule has 2 unspecified atom stereocenters. The summed E-state index contributed by atoms with van der Waals surface area (Å²) < 4.78 is 99.8. The van der Waals surface area contributed by atoms with Crippen LogP contribution in [0.2, 0.25) is 0 Å². The Kier molecular flexibility index (Phi) is 4.26. The van der Waals surface area contributed by atoms with E-state index >= 15 is 0 Å². The highest BCUT2D eigenvalue weighted by atomic mass is 35.5. The Bertz CT molecular complexity index is 292. The number of hydrogen-bond donors (Lipinski definition) is 2. The van der Waals surface area contributed by atoms with Crippen LogP contribution >= 0.6 is 11.6 Å². The van der Waals surface area contributed by atoms with Crippen molar-refractivity contribution in [1.82, 2.24) is 0 Å². The van der Waals surface area contributed by atoms with Crippen LogP contribution in [0.25, 0.3) is 0 Å². The number of halogens is 9. The van der Waals surface area contributed by atoms with Crippen molar-refractivity contribution in [3.8, 4) is 0 Å². The minimum Gasteiger partial charge on any atom is -0.395 e. The van der Waals surface area contributed by atoms with Crippen LogP contribution in [0.1, 0.15) is 6.92 Å². The van der Waals surface area contributed by atoms with Gasteiger partial charge in [-0.05, 0) is 18.5 Å². The molecule has 0 spiro atoms. The summed E-state index contributed by atoms with van der Waals surface area (Å²) in [6, 6.07) is 0. The molecule has 0 aromatic carbocycles. The van der Waals surface area contributed by atoms with Gasteiger partial charge in [0.05, 0.1) is 6.61 Å². The Balaban J connectivity index is 6.22. The molecule has 0 heterocycles. The van der Waals surface area contributed by atoms with Gasteiger partial charge in [0.1, 0.15) is 5.41 Å². The molecule has 2 atom stereocenters. The summed E-state index contributed by atoms with van der Waals surface area (Å²) in [7, 11) is 0. The van der Waals surface area contributed by atoms with Crippen LogP contribution in [0.5, 0.6) is 0 Å². The summed E-state index contributed by atoms with van der Waals surface area (Å²) >= 11 is 3.98. The average molecular weight is 311 g/mol. The Morgan fingerprint density at radius 3 is 1.28 bits per heavy atom. The molecular weight excluding hydrogens is 304 g/mol. The van der Waals surface area contributed by atoms with Gasteiger partial charge in [0.2, 0.25) is 0 Å². The SMILES string of the molecule is CC(CO)(C(F)(F)F)C(O)(C(F)(F)F)C(F)(F)Cl. The van der Waals surface area contributed by atoms with Crippen LogP contribution in [-0.2, 0) is 0 Å². The van der Waals surface area contributed by atoms with Gasteiger partial charge in [-0.25, -0.2) is 0 Å². The van der Waals surface area contributed by atoms with E-state index in [-0.39, 0.29) is 0 Å². The molecule has 0 bridgehead atoms. The van der Waals surface area contributed by atoms with E-state index in [0.717, 1.165) is 0 Å². The van der Waals surface area contributed by atoms with Gasteiger partial charge in [-0.15, -0.1) is 0 Å². The lowest BCUT2D eigenvalue weighted by Gasteiger charge is -2.46. The minimum absolute atomic E-state index is 0.406. The highest BCUT2D eigenvalue weighted by Gasteiger charge is 2.82. The lowest BCUT2D eigenvalue weighted by molar-refractivity contribution is -0.401. The van der Waals surface area contributed by atoms with Gasteiger partial charge in [-0.1, -0.05) is 0 Å². The fourth-order valence-corrected chi connectivity index (χ4v) is 1.51. The van der Waals surface area contributed by atoms with Crippen LogP contribution in [0.4, 0.5) is 35.1 Å². The zero-order chi connectivity index (χ0) is 15.2. The summed E-state index contributed by atoms with van der Waals surface area (Å²) in [5, 5.41) is 11.6. The van der Waals surface area contributed by atoms with Gasteiger partial charge in [-0.2, -0.15) is 35.1 Å². The number of hydrogen-bond acceptors (Lipinski definition) is 2. The molecule has 0 aromatic rings. The maximum absolute atomic E-state index is 12.7. The topological polar surface area (TPSA) is 40.5 Å². The van der Waals surface area contributed by atoms with Gasteiger partial charge in [0.15, 0.2) is 0 Å². The Morgan fingerprint density at radius 1 is 0.889 bits per heavy atom. The third kappa shape index (κ3) is 2.25. The van der Waals surface area contributed by atoms with Crippen molar-refractivity contribution in [1.29, 1.82) is 0 Å². The standard InChI is InChI=1S/C7H7ClF8O2/c1-3(2-17,6(11,12)13)4(18,5(8,9)10)7(14,15)16/h17-18H,2H2,1H3. The minimum atomic E-state index is -6.43. The van der Waals surface area contributed by atoms with E-state index in [9.17, 15) is 35.1 Å². The van der Waals surface area contributed by atoms with Crippen molar-refractivity contribution in [2.24, 2.45) is 5.41 Å². The van der Waals surface area contributed by atoms with Gasteiger partial charge in [0, 0.05) is 0 Å². The average Bonchev–Trinajstić information content (AvgIpc) is 2.09. The molecule has 18 heavy (non-hydrogen) atoms. The normalized spacial score (nSPS) is 21.3. The number of alkyl halides is 9. The number of rotatable bonds is 3. The number of aliphatic hydroxyl groups excluding tert-OH is 1. The highest BCUT2D eigenvalue weighted by Crippen LogP contribution is 2.59. The van der Waals surface area contributed by atoms with Crippen LogP contribution < -0.4 is 0 Å². The summed E-state index contributed by atoms with van der Waals surface area (Å²) in [5.41, 5.74) is -10.3. The van der Waals surface area contributed by atoms with Crippen LogP contribution in [0.15, 0.2) is 0 Å². The molecule has 0 radical (unpaired) electrons. The van der Waals surface area contributed by atoms with Crippen LogP contribution in [0.3, 0.4) is 0 Å². The quantitative estimate of drug-likeness (QED) is 0.621. The number of aliphatic hydroxyl groups is 2. The first-order valence-electron chi connectivity index (χ1n) is 4.09. The van der Waals surface area contributed by atoms with Crippen molar-refractivity contribution in [3.63, 3.8) is 0 Å². The lowest BCUT2D eigenvalue weighted by Crippen LogP contribution is -2.71. The first kappa shape index (κ1) is 17.6. The Morgan fingerprint density at radius 2 is 1.22 bits per heavy atom. The Hall–Kier alpha value is -0.350.